The molecule has 62 valence electrons. The summed E-state index contributed by atoms with van der Waals surface area (Å²) < 4.78 is 0. The van der Waals surface area contributed by atoms with Crippen LogP contribution in [0, 0.1) is 0 Å². The van der Waals surface area contributed by atoms with E-state index in [2.05, 4.69) is 22.6 Å². The number of hydrogen-bond acceptors (Lipinski definition) is 3. The Labute approximate surface area is 71.7 Å². The van der Waals surface area contributed by atoms with Crippen molar-refractivity contribution in [1.29, 1.82) is 0 Å². The lowest BCUT2D eigenvalue weighted by molar-refractivity contribution is 0.667. The molecule has 0 saturated carbocycles. The van der Waals surface area contributed by atoms with E-state index in [0.717, 1.165) is 19.5 Å². The zero-order chi connectivity index (χ0) is 7.94. The number of hydrogen-bond donors (Lipinski definition) is 1. The quantitative estimate of drug-likeness (QED) is 0.680. The molecule has 2 nitrogen and oxygen atoms in total. The van der Waals surface area contributed by atoms with Crippen molar-refractivity contribution < 1.29 is 0 Å². The molecular weight excluding hydrogens is 156 g/mol. The van der Waals surface area contributed by atoms with Crippen molar-refractivity contribution in [2.45, 2.75) is 19.8 Å². The number of nitrogens with one attached hydrogen (secondary N) is 1. The van der Waals surface area contributed by atoms with Gasteiger partial charge in [0, 0.05) is 18.3 Å². The Morgan fingerprint density at radius 3 is 3.09 bits per heavy atom. The van der Waals surface area contributed by atoms with E-state index in [1.165, 1.54) is 12.1 Å². The monoisotopic (exact) mass is 170 g/mol. The topological polar surface area (TPSA) is 24.9 Å². The van der Waals surface area contributed by atoms with Gasteiger partial charge >= 0.3 is 0 Å². The Balaban J connectivity index is 2.04. The molecule has 0 radical (unpaired) electrons. The molecule has 0 aliphatic carbocycles. The summed E-state index contributed by atoms with van der Waals surface area (Å²) in [4.78, 5) is 4.19. The van der Waals surface area contributed by atoms with E-state index in [0.29, 0.717) is 0 Å². The maximum atomic E-state index is 4.19. The normalized spacial score (nSPS) is 10.3. The zero-order valence-corrected chi connectivity index (χ0v) is 7.66. The third kappa shape index (κ3) is 3.49. The molecule has 3 heteroatoms. The molecule has 1 heterocycles. The fourth-order valence-corrected chi connectivity index (χ4v) is 1.47. The molecule has 0 atom stereocenters. The molecule has 1 aromatic rings. The van der Waals surface area contributed by atoms with Crippen molar-refractivity contribution in [3.8, 4) is 0 Å². The van der Waals surface area contributed by atoms with Crippen LogP contribution < -0.4 is 5.32 Å². The van der Waals surface area contributed by atoms with Gasteiger partial charge in [-0.3, -0.25) is 0 Å². The third-order valence-corrected chi connectivity index (χ3v) is 2.10. The second kappa shape index (κ2) is 5.27. The molecule has 1 rings (SSSR count). The molecule has 0 aromatic carbocycles. The summed E-state index contributed by atoms with van der Waals surface area (Å²) >= 11 is 1.66. The van der Waals surface area contributed by atoms with Crippen LogP contribution in [0.15, 0.2) is 10.9 Å². The predicted octanol–water partition coefficient (Wildman–Crippen LogP) is 1.69. The van der Waals surface area contributed by atoms with E-state index >= 15 is 0 Å². The summed E-state index contributed by atoms with van der Waals surface area (Å²) in [6, 6.07) is 0. The fraction of sp³-hybridized carbons (Fsp3) is 0.625. The molecule has 1 N–H and O–H groups in total. The molecule has 0 saturated heterocycles. The first kappa shape index (κ1) is 8.68. The first-order valence-corrected chi connectivity index (χ1v) is 4.95. The molecule has 0 aliphatic heterocycles. The summed E-state index contributed by atoms with van der Waals surface area (Å²) in [6.45, 7) is 4.34. The van der Waals surface area contributed by atoms with Crippen LogP contribution in [0.1, 0.15) is 19.0 Å². The Bertz CT molecular complexity index is 172. The van der Waals surface area contributed by atoms with Crippen molar-refractivity contribution in [3.63, 3.8) is 0 Å². The Hall–Kier alpha value is -0.410. The van der Waals surface area contributed by atoms with Gasteiger partial charge in [0.05, 0.1) is 11.2 Å². The molecule has 0 amide bonds. The van der Waals surface area contributed by atoms with Crippen LogP contribution >= 0.6 is 11.3 Å². The average molecular weight is 170 g/mol. The van der Waals surface area contributed by atoms with Gasteiger partial charge < -0.3 is 5.32 Å². The van der Waals surface area contributed by atoms with Gasteiger partial charge in [-0.25, -0.2) is 4.98 Å². The van der Waals surface area contributed by atoms with Crippen molar-refractivity contribution in [1.82, 2.24) is 10.3 Å². The molecule has 0 bridgehead atoms. The highest BCUT2D eigenvalue weighted by atomic mass is 32.1. The number of aromatic nitrogens is 1. The summed E-state index contributed by atoms with van der Waals surface area (Å²) in [6.07, 6.45) is 2.26. The van der Waals surface area contributed by atoms with E-state index in [4.69, 9.17) is 0 Å². The van der Waals surface area contributed by atoms with Gasteiger partial charge in [-0.15, -0.1) is 11.3 Å². The summed E-state index contributed by atoms with van der Waals surface area (Å²) in [5.74, 6) is 0. The van der Waals surface area contributed by atoms with Crippen LogP contribution in [0.25, 0.3) is 0 Å². The minimum atomic E-state index is 1.05. The SMILES string of the molecule is CCCNCCc1cscn1. The Morgan fingerprint density at radius 1 is 1.55 bits per heavy atom. The van der Waals surface area contributed by atoms with E-state index in [1.54, 1.807) is 11.3 Å². The molecular formula is C8H14N2S. The van der Waals surface area contributed by atoms with Crippen molar-refractivity contribution >= 4 is 11.3 Å². The van der Waals surface area contributed by atoms with Gasteiger partial charge in [-0.2, -0.15) is 0 Å². The summed E-state index contributed by atoms with van der Waals surface area (Å²) in [5.41, 5.74) is 3.09. The zero-order valence-electron chi connectivity index (χ0n) is 6.84. The largest absolute Gasteiger partial charge is 0.316 e. The van der Waals surface area contributed by atoms with Crippen LogP contribution in [0.5, 0.6) is 0 Å². The summed E-state index contributed by atoms with van der Waals surface area (Å²) in [7, 11) is 0. The standard InChI is InChI=1S/C8H14N2S/c1-2-4-9-5-3-8-6-11-7-10-8/h6-7,9H,2-5H2,1H3. The highest BCUT2D eigenvalue weighted by molar-refractivity contribution is 7.07. The molecule has 0 aliphatic rings. The molecule has 0 fully saturated rings. The van der Waals surface area contributed by atoms with Gasteiger partial charge in [0.2, 0.25) is 0 Å². The first-order chi connectivity index (χ1) is 5.43. The van der Waals surface area contributed by atoms with E-state index in [1.807, 2.05) is 5.51 Å². The fourth-order valence-electron chi connectivity index (χ4n) is 0.879. The third-order valence-electron chi connectivity index (χ3n) is 1.47. The highest BCUT2D eigenvalue weighted by Gasteiger charge is 1.92. The van der Waals surface area contributed by atoms with E-state index < -0.39 is 0 Å². The van der Waals surface area contributed by atoms with E-state index in [9.17, 15) is 0 Å². The van der Waals surface area contributed by atoms with Gasteiger partial charge in [-0.1, -0.05) is 6.92 Å². The average Bonchev–Trinajstić information content (AvgIpc) is 2.50. The van der Waals surface area contributed by atoms with Gasteiger partial charge in [-0.05, 0) is 13.0 Å². The molecule has 0 unspecified atom stereocenters. The maximum Gasteiger partial charge on any atom is 0.0794 e. The predicted molar refractivity (Wildman–Crippen MR) is 49.0 cm³/mol. The minimum Gasteiger partial charge on any atom is -0.316 e. The van der Waals surface area contributed by atoms with Crippen molar-refractivity contribution in [3.05, 3.63) is 16.6 Å². The lowest BCUT2D eigenvalue weighted by Gasteiger charge is -1.98. The number of nitrogens with zero attached hydrogens (tertiary/aromatic N) is 1. The lowest BCUT2D eigenvalue weighted by atomic mass is 10.3. The van der Waals surface area contributed by atoms with Crippen LogP contribution in [0.4, 0.5) is 0 Å². The van der Waals surface area contributed by atoms with Gasteiger partial charge in [0.25, 0.3) is 0 Å². The maximum absolute atomic E-state index is 4.19. The highest BCUT2D eigenvalue weighted by Crippen LogP contribution is 2.00. The van der Waals surface area contributed by atoms with Crippen molar-refractivity contribution in [2.24, 2.45) is 0 Å². The second-order valence-corrected chi connectivity index (χ2v) is 3.20. The summed E-state index contributed by atoms with van der Waals surface area (Å²) in [5, 5.41) is 5.44. The Kier molecular flexibility index (Phi) is 4.16. The van der Waals surface area contributed by atoms with E-state index in [-0.39, 0.29) is 0 Å². The van der Waals surface area contributed by atoms with Gasteiger partial charge in [0.1, 0.15) is 0 Å². The van der Waals surface area contributed by atoms with Crippen LogP contribution in [-0.4, -0.2) is 18.1 Å². The van der Waals surface area contributed by atoms with Crippen LogP contribution in [-0.2, 0) is 6.42 Å². The molecule has 11 heavy (non-hydrogen) atoms. The Morgan fingerprint density at radius 2 is 2.45 bits per heavy atom. The molecule has 0 spiro atoms. The van der Waals surface area contributed by atoms with Crippen molar-refractivity contribution in [2.75, 3.05) is 13.1 Å². The molecule has 1 aromatic heterocycles. The lowest BCUT2D eigenvalue weighted by Crippen LogP contribution is -2.17. The van der Waals surface area contributed by atoms with Crippen LogP contribution in [0.2, 0.25) is 0 Å². The smallest absolute Gasteiger partial charge is 0.0794 e. The first-order valence-electron chi connectivity index (χ1n) is 4.01. The number of rotatable bonds is 5. The number of thiazole rings is 1. The van der Waals surface area contributed by atoms with Crippen LogP contribution in [0.3, 0.4) is 0 Å². The van der Waals surface area contributed by atoms with Gasteiger partial charge in [0.15, 0.2) is 0 Å². The second-order valence-electron chi connectivity index (χ2n) is 2.48. The minimum absolute atomic E-state index is 1.05.